The lowest BCUT2D eigenvalue weighted by atomic mass is 10.1. The van der Waals surface area contributed by atoms with Crippen molar-refractivity contribution in [2.45, 2.75) is 19.9 Å². The van der Waals surface area contributed by atoms with Crippen LogP contribution in [0.4, 0.5) is 16.2 Å². The van der Waals surface area contributed by atoms with Crippen molar-refractivity contribution in [2.75, 3.05) is 10.6 Å². The van der Waals surface area contributed by atoms with Crippen molar-refractivity contribution in [3.63, 3.8) is 0 Å². The van der Waals surface area contributed by atoms with Gasteiger partial charge in [-0.05, 0) is 65.2 Å². The van der Waals surface area contributed by atoms with Gasteiger partial charge in [0.25, 0.3) is 0 Å². The van der Waals surface area contributed by atoms with E-state index in [1.54, 1.807) is 0 Å². The summed E-state index contributed by atoms with van der Waals surface area (Å²) >= 11 is 3.43. The summed E-state index contributed by atoms with van der Waals surface area (Å²) in [6.07, 6.45) is 0. The molecule has 1 unspecified atom stereocenters. The third-order valence-electron chi connectivity index (χ3n) is 3.07. The van der Waals surface area contributed by atoms with Crippen molar-refractivity contribution < 1.29 is 4.79 Å². The van der Waals surface area contributed by atoms with Crippen LogP contribution in [0.5, 0.6) is 0 Å². The number of halogens is 1. The first-order valence-corrected chi connectivity index (χ1v) is 7.44. The maximum absolute atomic E-state index is 12.0. The van der Waals surface area contributed by atoms with Gasteiger partial charge in [-0.1, -0.05) is 18.2 Å². The van der Waals surface area contributed by atoms with Crippen molar-refractivity contribution in [1.82, 2.24) is 0 Å². The average Bonchev–Trinajstić information content (AvgIpc) is 2.42. The highest BCUT2D eigenvalue weighted by Gasteiger charge is 2.06. The summed E-state index contributed by atoms with van der Waals surface area (Å²) in [6.45, 7) is 3.92. The number of rotatable bonds is 3. The second-order valence-electron chi connectivity index (χ2n) is 4.97. The molecule has 5 heteroatoms. The summed E-state index contributed by atoms with van der Waals surface area (Å²) < 4.78 is 0.852. The maximum Gasteiger partial charge on any atom is 0.323 e. The molecule has 1 atom stereocenters. The predicted molar refractivity (Wildman–Crippen MR) is 90.6 cm³/mol. The van der Waals surface area contributed by atoms with Crippen molar-refractivity contribution >= 4 is 33.3 Å². The molecule has 2 amide bonds. The standard InChI is InChI=1S/C16H18BrN3O/c1-10-3-8-15(14(17)9-10)20-16(21)19-13-6-4-12(5-7-13)11(2)18/h3-9,11H,18H2,1-2H3,(H2,19,20,21). The van der Waals surface area contributed by atoms with Gasteiger partial charge >= 0.3 is 6.03 Å². The van der Waals surface area contributed by atoms with E-state index in [0.717, 1.165) is 27.0 Å². The van der Waals surface area contributed by atoms with Gasteiger partial charge in [-0.15, -0.1) is 0 Å². The minimum Gasteiger partial charge on any atom is -0.324 e. The zero-order chi connectivity index (χ0) is 15.4. The zero-order valence-corrected chi connectivity index (χ0v) is 13.6. The summed E-state index contributed by atoms with van der Waals surface area (Å²) in [7, 11) is 0. The Morgan fingerprint density at radius 3 is 2.38 bits per heavy atom. The molecule has 0 saturated carbocycles. The Bertz CT molecular complexity index is 638. The van der Waals surface area contributed by atoms with E-state index in [2.05, 4.69) is 26.6 Å². The van der Waals surface area contributed by atoms with E-state index in [-0.39, 0.29) is 12.1 Å². The third kappa shape index (κ3) is 4.31. The molecule has 0 aliphatic heterocycles. The molecule has 0 spiro atoms. The lowest BCUT2D eigenvalue weighted by Gasteiger charge is -2.11. The molecule has 2 rings (SSSR count). The summed E-state index contributed by atoms with van der Waals surface area (Å²) in [5, 5.41) is 5.59. The van der Waals surface area contributed by atoms with Crippen LogP contribution in [-0.4, -0.2) is 6.03 Å². The molecular weight excluding hydrogens is 330 g/mol. The highest BCUT2D eigenvalue weighted by Crippen LogP contribution is 2.23. The molecule has 4 nitrogen and oxygen atoms in total. The molecule has 4 N–H and O–H groups in total. The van der Waals surface area contributed by atoms with Gasteiger partial charge in [0.05, 0.1) is 5.69 Å². The highest BCUT2D eigenvalue weighted by atomic mass is 79.9. The number of urea groups is 1. The van der Waals surface area contributed by atoms with Crippen molar-refractivity contribution in [2.24, 2.45) is 5.73 Å². The quantitative estimate of drug-likeness (QED) is 0.769. The average molecular weight is 348 g/mol. The molecule has 110 valence electrons. The number of benzene rings is 2. The van der Waals surface area contributed by atoms with Gasteiger partial charge in [-0.2, -0.15) is 0 Å². The number of carbonyl (C=O) groups excluding carboxylic acids is 1. The van der Waals surface area contributed by atoms with Crippen LogP contribution in [0.1, 0.15) is 24.1 Å². The fourth-order valence-electron chi connectivity index (χ4n) is 1.88. The molecule has 0 aromatic heterocycles. The topological polar surface area (TPSA) is 67.2 Å². The Labute approximate surface area is 132 Å². The van der Waals surface area contributed by atoms with Crippen LogP contribution in [0.15, 0.2) is 46.9 Å². The van der Waals surface area contributed by atoms with Gasteiger partial charge in [0, 0.05) is 16.2 Å². The van der Waals surface area contributed by atoms with E-state index in [1.807, 2.05) is 56.3 Å². The van der Waals surface area contributed by atoms with E-state index in [9.17, 15) is 4.79 Å². The van der Waals surface area contributed by atoms with Crippen molar-refractivity contribution in [3.05, 3.63) is 58.1 Å². The summed E-state index contributed by atoms with van der Waals surface area (Å²) in [5.41, 5.74) is 9.39. The SMILES string of the molecule is Cc1ccc(NC(=O)Nc2ccc(C(C)N)cc2)c(Br)c1. The minimum atomic E-state index is -0.284. The minimum absolute atomic E-state index is 0.0172. The number of nitrogens with two attached hydrogens (primary N) is 1. The Hall–Kier alpha value is -1.85. The largest absolute Gasteiger partial charge is 0.324 e. The van der Waals surface area contributed by atoms with Gasteiger partial charge < -0.3 is 16.4 Å². The lowest BCUT2D eigenvalue weighted by Crippen LogP contribution is -2.19. The smallest absolute Gasteiger partial charge is 0.323 e. The maximum atomic E-state index is 12.0. The Kier molecular flexibility index (Phi) is 4.98. The third-order valence-corrected chi connectivity index (χ3v) is 3.72. The first kappa shape index (κ1) is 15.5. The van der Waals surface area contributed by atoms with Crippen LogP contribution in [0.25, 0.3) is 0 Å². The van der Waals surface area contributed by atoms with E-state index < -0.39 is 0 Å². The Morgan fingerprint density at radius 1 is 1.14 bits per heavy atom. The molecular formula is C16H18BrN3O. The van der Waals surface area contributed by atoms with E-state index >= 15 is 0 Å². The van der Waals surface area contributed by atoms with Crippen molar-refractivity contribution in [1.29, 1.82) is 0 Å². The van der Waals surface area contributed by atoms with Gasteiger partial charge in [-0.3, -0.25) is 0 Å². The molecule has 0 heterocycles. The van der Waals surface area contributed by atoms with E-state index in [0.29, 0.717) is 0 Å². The number of hydrogen-bond acceptors (Lipinski definition) is 2. The predicted octanol–water partition coefficient (Wildman–Crippen LogP) is 4.42. The zero-order valence-electron chi connectivity index (χ0n) is 12.0. The second kappa shape index (κ2) is 6.74. The molecule has 21 heavy (non-hydrogen) atoms. The molecule has 2 aromatic carbocycles. The van der Waals surface area contributed by atoms with Gasteiger partial charge in [-0.25, -0.2) is 4.79 Å². The molecule has 0 aliphatic rings. The fraction of sp³-hybridized carbons (Fsp3) is 0.188. The number of carbonyl (C=O) groups is 1. The number of nitrogens with one attached hydrogen (secondary N) is 2. The van der Waals surface area contributed by atoms with E-state index in [4.69, 9.17) is 5.73 Å². The lowest BCUT2D eigenvalue weighted by molar-refractivity contribution is 0.262. The first-order chi connectivity index (χ1) is 9.95. The fourth-order valence-corrected chi connectivity index (χ4v) is 2.47. The van der Waals surface area contributed by atoms with Crippen LogP contribution < -0.4 is 16.4 Å². The van der Waals surface area contributed by atoms with Gasteiger partial charge in [0.1, 0.15) is 0 Å². The number of amides is 2. The van der Waals surface area contributed by atoms with Crippen LogP contribution in [0.2, 0.25) is 0 Å². The normalized spacial score (nSPS) is 11.8. The van der Waals surface area contributed by atoms with Crippen LogP contribution in [0.3, 0.4) is 0 Å². The summed E-state index contributed by atoms with van der Waals surface area (Å²) in [5.74, 6) is 0. The molecule has 0 radical (unpaired) electrons. The summed E-state index contributed by atoms with van der Waals surface area (Å²) in [4.78, 5) is 12.0. The highest BCUT2D eigenvalue weighted by molar-refractivity contribution is 9.10. The van der Waals surface area contributed by atoms with Gasteiger partial charge in [0.2, 0.25) is 0 Å². The van der Waals surface area contributed by atoms with Crippen LogP contribution in [0, 0.1) is 6.92 Å². The Morgan fingerprint density at radius 2 is 1.81 bits per heavy atom. The van der Waals surface area contributed by atoms with E-state index in [1.165, 1.54) is 0 Å². The molecule has 0 saturated heterocycles. The van der Waals surface area contributed by atoms with Gasteiger partial charge in [0.15, 0.2) is 0 Å². The van der Waals surface area contributed by atoms with Crippen molar-refractivity contribution in [3.8, 4) is 0 Å². The summed E-state index contributed by atoms with van der Waals surface area (Å²) in [6, 6.07) is 12.9. The molecule has 0 aliphatic carbocycles. The first-order valence-electron chi connectivity index (χ1n) is 6.65. The van der Waals surface area contributed by atoms with Crippen LogP contribution in [-0.2, 0) is 0 Å². The Balaban J connectivity index is 2.01. The number of hydrogen-bond donors (Lipinski definition) is 3. The van der Waals surface area contributed by atoms with Crippen LogP contribution >= 0.6 is 15.9 Å². The molecule has 2 aromatic rings. The second-order valence-corrected chi connectivity index (χ2v) is 5.83. The number of aryl methyl sites for hydroxylation is 1. The molecule has 0 fully saturated rings. The monoisotopic (exact) mass is 347 g/mol. The molecule has 0 bridgehead atoms. The number of anilines is 2.